The number of alkyl halides is 4. The van der Waals surface area contributed by atoms with Crippen molar-refractivity contribution in [1.29, 1.82) is 0 Å². The number of amides is 1. The van der Waals surface area contributed by atoms with E-state index >= 15 is 0 Å². The van der Waals surface area contributed by atoms with Gasteiger partial charge in [0.25, 0.3) is 18.8 Å². The highest BCUT2D eigenvalue weighted by Crippen LogP contribution is 2.35. The molecule has 14 heteroatoms. The molecule has 3 aromatic rings. The summed E-state index contributed by atoms with van der Waals surface area (Å²) in [5.74, 6) is -2.49. The number of methoxy groups -OCH3 is 1. The molecule has 3 rings (SSSR count). The summed E-state index contributed by atoms with van der Waals surface area (Å²) < 4.78 is 63.2. The lowest BCUT2D eigenvalue weighted by Crippen LogP contribution is -2.16. The summed E-state index contributed by atoms with van der Waals surface area (Å²) in [6.07, 6.45) is -5.75. The molecule has 3 heterocycles. The lowest BCUT2D eigenvalue weighted by atomic mass is 10.1. The molecule has 0 saturated heterocycles. The molecule has 34 heavy (non-hydrogen) atoms. The number of esters is 2. The van der Waals surface area contributed by atoms with Crippen LogP contribution in [0.4, 0.5) is 22.6 Å². The Balaban J connectivity index is 2.02. The first-order chi connectivity index (χ1) is 16.1. The summed E-state index contributed by atoms with van der Waals surface area (Å²) in [7, 11) is 1.15. The largest absolute Gasteiger partial charge is 0.465 e. The first-order valence-corrected chi connectivity index (χ1v) is 10.6. The van der Waals surface area contributed by atoms with Crippen molar-refractivity contribution >= 4 is 39.8 Å². The van der Waals surface area contributed by atoms with E-state index in [9.17, 15) is 31.9 Å². The van der Waals surface area contributed by atoms with Crippen molar-refractivity contribution in [3.8, 4) is 0 Å². The second-order valence-electron chi connectivity index (χ2n) is 6.85. The number of nitrogens with zero attached hydrogens (tertiary/aromatic N) is 3. The molecule has 0 aliphatic rings. The predicted molar refractivity (Wildman–Crippen MR) is 112 cm³/mol. The van der Waals surface area contributed by atoms with Crippen molar-refractivity contribution in [2.45, 2.75) is 33.1 Å². The van der Waals surface area contributed by atoms with Gasteiger partial charge in [0.1, 0.15) is 21.3 Å². The number of hydrogen-bond donors (Lipinski definition) is 1. The second kappa shape index (κ2) is 10.2. The molecule has 1 N–H and O–H groups in total. The van der Waals surface area contributed by atoms with Gasteiger partial charge in [-0.15, -0.1) is 11.3 Å². The Morgan fingerprint density at radius 3 is 2.44 bits per heavy atom. The fraction of sp³-hybridized carbons (Fsp3) is 0.350. The molecule has 0 saturated carbocycles. The molecule has 3 aromatic heterocycles. The lowest BCUT2D eigenvalue weighted by Gasteiger charge is -2.07. The van der Waals surface area contributed by atoms with Crippen LogP contribution >= 0.6 is 11.3 Å². The Labute approximate surface area is 193 Å². The molecule has 0 spiro atoms. The molecular weight excluding hydrogens is 484 g/mol. The van der Waals surface area contributed by atoms with E-state index in [1.807, 2.05) is 0 Å². The van der Waals surface area contributed by atoms with Crippen LogP contribution in [0.5, 0.6) is 0 Å². The number of nitrogens with one attached hydrogen (secondary N) is 1. The van der Waals surface area contributed by atoms with Crippen molar-refractivity contribution in [3.63, 3.8) is 0 Å². The van der Waals surface area contributed by atoms with E-state index in [-0.39, 0.29) is 27.6 Å². The van der Waals surface area contributed by atoms with Gasteiger partial charge in [0, 0.05) is 6.07 Å². The van der Waals surface area contributed by atoms with Gasteiger partial charge in [-0.3, -0.25) is 4.79 Å². The molecule has 0 atom stereocenters. The van der Waals surface area contributed by atoms with Crippen molar-refractivity contribution < 1.29 is 41.4 Å². The fourth-order valence-electron chi connectivity index (χ4n) is 2.97. The van der Waals surface area contributed by atoms with Crippen molar-refractivity contribution in [2.75, 3.05) is 19.0 Å². The standard InChI is InChI=1S/C20H18F4N4O5S/c1-4-5-33-19(30)13-8(2)14(20(31)32-3)34-18(13)26-17(29)10-7-12-25-9(15(21)22)6-11(16(23)24)28(12)27-10/h6-7,15-16H,4-5H2,1-3H3,(H,26,29). The lowest BCUT2D eigenvalue weighted by molar-refractivity contribution is 0.0506. The highest BCUT2D eigenvalue weighted by atomic mass is 32.1. The fourth-order valence-corrected chi connectivity index (χ4v) is 4.07. The van der Waals surface area contributed by atoms with Gasteiger partial charge in [0.05, 0.1) is 19.3 Å². The summed E-state index contributed by atoms with van der Waals surface area (Å²) in [5, 5.41) is 6.09. The van der Waals surface area contributed by atoms with E-state index in [2.05, 4.69) is 15.4 Å². The number of anilines is 1. The van der Waals surface area contributed by atoms with Crippen molar-refractivity contribution in [1.82, 2.24) is 14.6 Å². The van der Waals surface area contributed by atoms with Gasteiger partial charge in [0.15, 0.2) is 11.3 Å². The maximum Gasteiger partial charge on any atom is 0.348 e. The number of hydrogen-bond acceptors (Lipinski definition) is 8. The summed E-state index contributed by atoms with van der Waals surface area (Å²) in [5.41, 5.74) is -2.46. The maximum absolute atomic E-state index is 13.4. The van der Waals surface area contributed by atoms with E-state index in [1.165, 1.54) is 6.92 Å². The van der Waals surface area contributed by atoms with Gasteiger partial charge in [0.2, 0.25) is 0 Å². The normalized spacial score (nSPS) is 11.3. The molecule has 0 aliphatic heterocycles. The number of fused-ring (bicyclic) bond motifs is 1. The minimum atomic E-state index is -3.17. The minimum absolute atomic E-state index is 0.0412. The van der Waals surface area contributed by atoms with E-state index < -0.39 is 53.4 Å². The van der Waals surface area contributed by atoms with Crippen LogP contribution in [-0.4, -0.2) is 46.2 Å². The van der Waals surface area contributed by atoms with E-state index in [0.717, 1.165) is 24.5 Å². The molecule has 0 aromatic carbocycles. The SMILES string of the molecule is CCCOC(=O)c1c(NC(=O)c2cc3nc(C(F)F)cc(C(F)F)n3n2)sc(C(=O)OC)c1C. The Bertz CT molecular complexity index is 1260. The zero-order valence-electron chi connectivity index (χ0n) is 18.0. The Morgan fingerprint density at radius 1 is 1.15 bits per heavy atom. The zero-order valence-corrected chi connectivity index (χ0v) is 18.8. The Kier molecular flexibility index (Phi) is 7.49. The summed E-state index contributed by atoms with van der Waals surface area (Å²) >= 11 is 0.748. The number of rotatable bonds is 8. The third-order valence-electron chi connectivity index (χ3n) is 4.54. The molecule has 0 aliphatic carbocycles. The number of ether oxygens (including phenoxy) is 2. The number of aromatic nitrogens is 3. The van der Waals surface area contributed by atoms with Crippen molar-refractivity contribution in [3.05, 3.63) is 45.2 Å². The summed E-state index contributed by atoms with van der Waals surface area (Å²) in [6.45, 7) is 3.34. The van der Waals surface area contributed by atoms with E-state index in [0.29, 0.717) is 17.0 Å². The number of thiophene rings is 1. The highest BCUT2D eigenvalue weighted by Gasteiger charge is 2.28. The van der Waals surface area contributed by atoms with E-state index in [1.54, 1.807) is 6.92 Å². The van der Waals surface area contributed by atoms with Crippen LogP contribution in [0, 0.1) is 6.92 Å². The minimum Gasteiger partial charge on any atom is -0.465 e. The summed E-state index contributed by atoms with van der Waals surface area (Å²) in [4.78, 5) is 41.0. The topological polar surface area (TPSA) is 112 Å². The number of halogens is 4. The second-order valence-corrected chi connectivity index (χ2v) is 7.87. The molecule has 0 radical (unpaired) electrons. The first kappa shape index (κ1) is 25.1. The van der Waals surface area contributed by atoms with Crippen LogP contribution in [0.1, 0.15) is 73.7 Å². The molecule has 0 fully saturated rings. The van der Waals surface area contributed by atoms with Gasteiger partial charge in [-0.05, 0) is 25.0 Å². The number of carbonyl (C=O) groups is 3. The summed E-state index contributed by atoms with van der Waals surface area (Å²) in [6, 6.07) is 1.45. The smallest absolute Gasteiger partial charge is 0.348 e. The number of carbonyl (C=O) groups excluding carboxylic acids is 3. The van der Waals surface area contributed by atoms with Crippen LogP contribution in [0.15, 0.2) is 12.1 Å². The average molecular weight is 502 g/mol. The van der Waals surface area contributed by atoms with Crippen LogP contribution in [0.25, 0.3) is 5.65 Å². The van der Waals surface area contributed by atoms with E-state index in [4.69, 9.17) is 9.47 Å². The molecule has 0 bridgehead atoms. The predicted octanol–water partition coefficient (Wildman–Crippen LogP) is 4.58. The highest BCUT2D eigenvalue weighted by molar-refractivity contribution is 7.18. The Hall–Kier alpha value is -3.55. The van der Waals surface area contributed by atoms with Gasteiger partial charge in [-0.2, -0.15) is 5.10 Å². The molecule has 182 valence electrons. The van der Waals surface area contributed by atoms with Gasteiger partial charge in [-0.1, -0.05) is 6.92 Å². The molecule has 9 nitrogen and oxygen atoms in total. The average Bonchev–Trinajstić information content (AvgIpc) is 3.37. The monoisotopic (exact) mass is 502 g/mol. The van der Waals surface area contributed by atoms with Gasteiger partial charge in [-0.25, -0.2) is 36.7 Å². The van der Waals surface area contributed by atoms with Gasteiger partial charge < -0.3 is 14.8 Å². The zero-order chi connectivity index (χ0) is 25.2. The van der Waals surface area contributed by atoms with Crippen molar-refractivity contribution in [2.24, 2.45) is 0 Å². The first-order valence-electron chi connectivity index (χ1n) is 9.76. The Morgan fingerprint density at radius 2 is 1.85 bits per heavy atom. The quantitative estimate of drug-likeness (QED) is 0.354. The van der Waals surface area contributed by atoms with Crippen LogP contribution in [0.3, 0.4) is 0 Å². The molecule has 1 amide bonds. The molecule has 0 unspecified atom stereocenters. The van der Waals surface area contributed by atoms with Crippen LogP contribution in [0.2, 0.25) is 0 Å². The van der Waals surface area contributed by atoms with Gasteiger partial charge >= 0.3 is 11.9 Å². The molecular formula is C20H18F4N4O5S. The third kappa shape index (κ3) is 4.85. The van der Waals surface area contributed by atoms with Crippen LogP contribution in [-0.2, 0) is 9.47 Å². The van der Waals surface area contributed by atoms with Crippen LogP contribution < -0.4 is 5.32 Å². The maximum atomic E-state index is 13.4. The third-order valence-corrected chi connectivity index (χ3v) is 5.73.